The fraction of sp³-hybridized carbons (Fsp3) is 0.375. The molecule has 2 saturated heterocycles. The molecule has 2 unspecified atom stereocenters. The maximum absolute atomic E-state index is 13.5. The quantitative estimate of drug-likeness (QED) is 0.618. The molecule has 8 nitrogen and oxygen atoms in total. The number of ether oxygens (including phenoxy) is 3. The number of imide groups is 1. The van der Waals surface area contributed by atoms with Crippen LogP contribution in [0.1, 0.15) is 29.6 Å². The van der Waals surface area contributed by atoms with E-state index in [1.165, 1.54) is 12.0 Å². The van der Waals surface area contributed by atoms with Crippen molar-refractivity contribution in [2.24, 2.45) is 0 Å². The molecule has 2 aliphatic heterocycles. The summed E-state index contributed by atoms with van der Waals surface area (Å²) in [6.07, 6.45) is 1.47. The zero-order valence-corrected chi connectivity index (χ0v) is 18.2. The van der Waals surface area contributed by atoms with E-state index in [4.69, 9.17) is 14.2 Å². The Balaban J connectivity index is 1.63. The SMILES string of the molecule is COc1ccc(N2C(=O)CC(N(CC3CCCO3)C(=O)c3cccc(OC)c3)C2=O)cc1. The van der Waals surface area contributed by atoms with Crippen LogP contribution in [0, 0.1) is 0 Å². The van der Waals surface area contributed by atoms with E-state index in [0.717, 1.165) is 17.7 Å². The first kappa shape index (κ1) is 21.8. The summed E-state index contributed by atoms with van der Waals surface area (Å²) in [6.45, 7) is 0.873. The summed E-state index contributed by atoms with van der Waals surface area (Å²) in [7, 11) is 3.07. The third-order valence-corrected chi connectivity index (χ3v) is 5.83. The van der Waals surface area contributed by atoms with Gasteiger partial charge in [0.2, 0.25) is 5.91 Å². The topological polar surface area (TPSA) is 85.4 Å². The second-order valence-corrected chi connectivity index (χ2v) is 7.81. The molecule has 0 spiro atoms. The Labute approximate surface area is 186 Å². The number of hydrogen-bond acceptors (Lipinski definition) is 6. The minimum absolute atomic E-state index is 0.0761. The Morgan fingerprint density at radius 1 is 1.09 bits per heavy atom. The second kappa shape index (κ2) is 9.40. The molecule has 2 atom stereocenters. The maximum atomic E-state index is 13.5. The van der Waals surface area contributed by atoms with Gasteiger partial charge in [0.05, 0.1) is 32.4 Å². The van der Waals surface area contributed by atoms with Crippen molar-refractivity contribution in [2.45, 2.75) is 31.4 Å². The van der Waals surface area contributed by atoms with Crippen LogP contribution in [0.25, 0.3) is 0 Å². The van der Waals surface area contributed by atoms with Crippen LogP contribution in [-0.2, 0) is 14.3 Å². The molecule has 2 aromatic rings. The fourth-order valence-corrected chi connectivity index (χ4v) is 4.14. The van der Waals surface area contributed by atoms with E-state index in [0.29, 0.717) is 29.4 Å². The monoisotopic (exact) mass is 438 g/mol. The van der Waals surface area contributed by atoms with Crippen LogP contribution in [0.4, 0.5) is 5.69 Å². The number of benzene rings is 2. The summed E-state index contributed by atoms with van der Waals surface area (Å²) in [5.74, 6) is 0.0664. The zero-order chi connectivity index (χ0) is 22.7. The summed E-state index contributed by atoms with van der Waals surface area (Å²) >= 11 is 0. The standard InChI is InChI=1S/C24H26N2O6/c1-30-18-10-8-17(9-11-18)26-22(27)14-21(24(26)29)25(15-20-7-4-12-32-20)23(28)16-5-3-6-19(13-16)31-2/h3,5-6,8-11,13,20-21H,4,7,12,14-15H2,1-2H3. The van der Waals surface area contributed by atoms with Crippen molar-refractivity contribution in [1.82, 2.24) is 4.90 Å². The van der Waals surface area contributed by atoms with Crippen molar-refractivity contribution in [3.05, 3.63) is 54.1 Å². The molecule has 3 amide bonds. The molecule has 2 aromatic carbocycles. The molecule has 0 N–H and O–H groups in total. The molecule has 168 valence electrons. The van der Waals surface area contributed by atoms with Gasteiger partial charge in [-0.05, 0) is 55.3 Å². The smallest absolute Gasteiger partial charge is 0.257 e. The van der Waals surface area contributed by atoms with Gasteiger partial charge in [0.1, 0.15) is 17.5 Å². The van der Waals surface area contributed by atoms with Gasteiger partial charge in [-0.3, -0.25) is 14.4 Å². The molecule has 0 aliphatic carbocycles. The van der Waals surface area contributed by atoms with Gasteiger partial charge in [-0.15, -0.1) is 0 Å². The third-order valence-electron chi connectivity index (χ3n) is 5.83. The Morgan fingerprint density at radius 2 is 1.84 bits per heavy atom. The molecule has 0 bridgehead atoms. The number of rotatable bonds is 7. The van der Waals surface area contributed by atoms with E-state index < -0.39 is 11.9 Å². The van der Waals surface area contributed by atoms with Gasteiger partial charge < -0.3 is 19.1 Å². The Hall–Kier alpha value is -3.39. The Morgan fingerprint density at radius 3 is 2.50 bits per heavy atom. The summed E-state index contributed by atoms with van der Waals surface area (Å²) < 4.78 is 16.1. The minimum Gasteiger partial charge on any atom is -0.497 e. The maximum Gasteiger partial charge on any atom is 0.257 e. The van der Waals surface area contributed by atoms with E-state index in [2.05, 4.69) is 0 Å². The number of hydrogen-bond donors (Lipinski definition) is 0. The van der Waals surface area contributed by atoms with Crippen molar-refractivity contribution < 1.29 is 28.6 Å². The highest BCUT2D eigenvalue weighted by Gasteiger charge is 2.45. The van der Waals surface area contributed by atoms with Crippen LogP contribution in [-0.4, -0.2) is 62.1 Å². The molecule has 8 heteroatoms. The zero-order valence-electron chi connectivity index (χ0n) is 18.2. The van der Waals surface area contributed by atoms with Crippen LogP contribution < -0.4 is 14.4 Å². The average Bonchev–Trinajstić information content (AvgIpc) is 3.44. The van der Waals surface area contributed by atoms with Crippen molar-refractivity contribution in [1.29, 1.82) is 0 Å². The number of methoxy groups -OCH3 is 2. The van der Waals surface area contributed by atoms with E-state index in [1.54, 1.807) is 55.6 Å². The summed E-state index contributed by atoms with van der Waals surface area (Å²) in [6, 6.07) is 12.6. The molecular formula is C24H26N2O6. The van der Waals surface area contributed by atoms with Gasteiger partial charge in [-0.25, -0.2) is 4.90 Å². The lowest BCUT2D eigenvalue weighted by Crippen LogP contribution is -2.48. The van der Waals surface area contributed by atoms with Gasteiger partial charge >= 0.3 is 0 Å². The first-order valence-corrected chi connectivity index (χ1v) is 10.6. The molecule has 2 aliphatic rings. The second-order valence-electron chi connectivity index (χ2n) is 7.81. The van der Waals surface area contributed by atoms with Crippen molar-refractivity contribution in [2.75, 3.05) is 32.3 Å². The summed E-state index contributed by atoms with van der Waals surface area (Å²) in [4.78, 5) is 42.3. The number of carbonyl (C=O) groups excluding carboxylic acids is 3. The van der Waals surface area contributed by atoms with E-state index in [-0.39, 0.29) is 30.9 Å². The highest BCUT2D eigenvalue weighted by molar-refractivity contribution is 6.23. The van der Waals surface area contributed by atoms with Gasteiger partial charge in [0.25, 0.3) is 11.8 Å². The molecule has 0 radical (unpaired) electrons. The number of anilines is 1. The van der Waals surface area contributed by atoms with Crippen molar-refractivity contribution in [3.8, 4) is 11.5 Å². The van der Waals surface area contributed by atoms with E-state index >= 15 is 0 Å². The average molecular weight is 438 g/mol. The van der Waals surface area contributed by atoms with Crippen LogP contribution in [0.2, 0.25) is 0 Å². The van der Waals surface area contributed by atoms with Gasteiger partial charge in [0, 0.05) is 18.7 Å². The molecule has 0 saturated carbocycles. The lowest BCUT2D eigenvalue weighted by Gasteiger charge is -2.30. The molecule has 2 fully saturated rings. The predicted molar refractivity (Wildman–Crippen MR) is 117 cm³/mol. The summed E-state index contributed by atoms with van der Waals surface area (Å²) in [5, 5.41) is 0. The highest BCUT2D eigenvalue weighted by Crippen LogP contribution is 2.29. The molecule has 0 aromatic heterocycles. The van der Waals surface area contributed by atoms with Crippen LogP contribution in [0.15, 0.2) is 48.5 Å². The highest BCUT2D eigenvalue weighted by atomic mass is 16.5. The Kier molecular flexibility index (Phi) is 6.41. The van der Waals surface area contributed by atoms with Gasteiger partial charge in [0.15, 0.2) is 0 Å². The van der Waals surface area contributed by atoms with Crippen LogP contribution in [0.5, 0.6) is 11.5 Å². The molecular weight excluding hydrogens is 412 g/mol. The number of amides is 3. The first-order valence-electron chi connectivity index (χ1n) is 10.6. The number of carbonyl (C=O) groups is 3. The first-order chi connectivity index (χ1) is 15.5. The fourth-order valence-electron chi connectivity index (χ4n) is 4.14. The van der Waals surface area contributed by atoms with Crippen molar-refractivity contribution in [3.63, 3.8) is 0 Å². The van der Waals surface area contributed by atoms with Crippen LogP contribution >= 0.6 is 0 Å². The van der Waals surface area contributed by atoms with Crippen molar-refractivity contribution >= 4 is 23.4 Å². The summed E-state index contributed by atoms with van der Waals surface area (Å²) in [5.41, 5.74) is 0.847. The number of nitrogens with zero attached hydrogens (tertiary/aromatic N) is 2. The van der Waals surface area contributed by atoms with E-state index in [1.807, 2.05) is 0 Å². The normalized spacial score (nSPS) is 20.5. The van der Waals surface area contributed by atoms with Gasteiger partial charge in [-0.2, -0.15) is 0 Å². The lowest BCUT2D eigenvalue weighted by atomic mass is 10.1. The minimum atomic E-state index is -0.896. The van der Waals surface area contributed by atoms with Gasteiger partial charge in [-0.1, -0.05) is 6.07 Å². The van der Waals surface area contributed by atoms with Crippen LogP contribution in [0.3, 0.4) is 0 Å². The predicted octanol–water partition coefficient (Wildman–Crippen LogP) is 2.66. The Bertz CT molecular complexity index is 1000. The molecule has 2 heterocycles. The molecule has 32 heavy (non-hydrogen) atoms. The van der Waals surface area contributed by atoms with E-state index in [9.17, 15) is 14.4 Å². The largest absolute Gasteiger partial charge is 0.497 e. The molecule has 4 rings (SSSR count). The third kappa shape index (κ3) is 4.31. The lowest BCUT2D eigenvalue weighted by molar-refractivity contribution is -0.122.